The molecule has 12 heteroatoms. The minimum absolute atomic E-state index is 0.00845. The molecule has 2 amide bonds. The summed E-state index contributed by atoms with van der Waals surface area (Å²) in [4.78, 5) is 30.7. The average Bonchev–Trinajstić information content (AvgIpc) is 3.37. The van der Waals surface area contributed by atoms with Gasteiger partial charge in [-0.2, -0.15) is 13.2 Å². The van der Waals surface area contributed by atoms with Crippen molar-refractivity contribution in [3.8, 4) is 5.75 Å². The first-order chi connectivity index (χ1) is 19.7. The summed E-state index contributed by atoms with van der Waals surface area (Å²) in [5.41, 5.74) is 0.133. The number of carbonyl (C=O) groups is 2. The van der Waals surface area contributed by atoms with Gasteiger partial charge in [-0.1, -0.05) is 18.2 Å². The predicted molar refractivity (Wildman–Crippen MR) is 141 cm³/mol. The topological polar surface area (TPSA) is 112 Å². The molecule has 1 saturated heterocycles. The molecule has 0 saturated carbocycles. The van der Waals surface area contributed by atoms with Crippen molar-refractivity contribution >= 4 is 11.8 Å². The Kier molecular flexibility index (Phi) is 8.64. The third-order valence-electron chi connectivity index (χ3n) is 7.72. The van der Waals surface area contributed by atoms with Crippen molar-refractivity contribution in [2.45, 2.75) is 30.3 Å². The minimum atomic E-state index is -4.55. The average molecular weight is 576 g/mol. The maximum absolute atomic E-state index is 13.9. The highest BCUT2D eigenvalue weighted by Gasteiger charge is 2.50. The molecule has 0 bridgehead atoms. The highest BCUT2D eigenvalue weighted by atomic mass is 19.4. The van der Waals surface area contributed by atoms with E-state index in [1.165, 1.54) is 4.90 Å². The van der Waals surface area contributed by atoms with Gasteiger partial charge in [0, 0.05) is 49.4 Å². The number of hydrogen-bond acceptors (Lipinski definition) is 7. The molecule has 2 aliphatic heterocycles. The molecule has 9 nitrogen and oxygen atoms in total. The van der Waals surface area contributed by atoms with E-state index in [9.17, 15) is 33.0 Å². The summed E-state index contributed by atoms with van der Waals surface area (Å²) >= 11 is 0. The maximum Gasteiger partial charge on any atom is 0.416 e. The van der Waals surface area contributed by atoms with Gasteiger partial charge in [-0.25, -0.2) is 0 Å². The van der Waals surface area contributed by atoms with Crippen LogP contribution in [0, 0.1) is 0 Å². The van der Waals surface area contributed by atoms with Crippen LogP contribution < -0.4 is 10.1 Å². The quantitative estimate of drug-likeness (QED) is 0.440. The molecule has 1 aliphatic carbocycles. The highest BCUT2D eigenvalue weighted by Crippen LogP contribution is 2.47. The van der Waals surface area contributed by atoms with E-state index in [1.807, 2.05) is 6.07 Å². The van der Waals surface area contributed by atoms with Crippen LogP contribution >= 0.6 is 0 Å². The molecular formula is C29H32F3N3O6. The first kappa shape index (κ1) is 29.1. The van der Waals surface area contributed by atoms with Gasteiger partial charge >= 0.3 is 6.18 Å². The van der Waals surface area contributed by atoms with E-state index in [2.05, 4.69) is 10.2 Å². The number of para-hydroxylation sites is 1. The van der Waals surface area contributed by atoms with Gasteiger partial charge in [-0.05, 0) is 36.4 Å². The molecule has 0 unspecified atom stereocenters. The zero-order valence-corrected chi connectivity index (χ0v) is 22.2. The number of nitrogens with zero attached hydrogens (tertiary/aromatic N) is 2. The van der Waals surface area contributed by atoms with Gasteiger partial charge in [0.2, 0.25) is 5.91 Å². The Balaban J connectivity index is 1.51. The lowest BCUT2D eigenvalue weighted by molar-refractivity contribution is -0.137. The number of benzene rings is 2. The third kappa shape index (κ3) is 6.10. The normalized spacial score (nSPS) is 24.1. The highest BCUT2D eigenvalue weighted by molar-refractivity contribution is 5.97. The number of amides is 2. The zero-order chi connectivity index (χ0) is 29.1. The molecule has 5 rings (SSSR count). The van der Waals surface area contributed by atoms with Crippen molar-refractivity contribution in [3.63, 3.8) is 0 Å². The van der Waals surface area contributed by atoms with Crippen molar-refractivity contribution in [2.75, 3.05) is 52.5 Å². The fourth-order valence-electron chi connectivity index (χ4n) is 5.62. The van der Waals surface area contributed by atoms with Crippen LogP contribution in [-0.2, 0) is 15.7 Å². The Hall–Kier alpha value is -3.45. The number of fused-ring (bicyclic) bond motifs is 3. The van der Waals surface area contributed by atoms with Crippen LogP contribution in [0.15, 0.2) is 60.2 Å². The molecule has 4 atom stereocenters. The van der Waals surface area contributed by atoms with Crippen LogP contribution in [0.25, 0.3) is 0 Å². The number of alkyl halides is 3. The Morgan fingerprint density at radius 3 is 2.46 bits per heavy atom. The fraction of sp³-hybridized carbons (Fsp3) is 0.448. The van der Waals surface area contributed by atoms with Crippen LogP contribution in [0.2, 0.25) is 0 Å². The number of ether oxygens (including phenoxy) is 2. The van der Waals surface area contributed by atoms with Crippen LogP contribution in [-0.4, -0.2) is 103 Å². The lowest BCUT2D eigenvalue weighted by Gasteiger charge is -2.41. The Labute approximate surface area is 235 Å². The molecule has 2 aromatic carbocycles. The number of aliphatic hydroxyl groups is 2. The summed E-state index contributed by atoms with van der Waals surface area (Å²) in [6.45, 7) is 2.64. The van der Waals surface area contributed by atoms with Crippen molar-refractivity contribution in [3.05, 3.63) is 76.9 Å². The molecule has 0 spiro atoms. The van der Waals surface area contributed by atoms with Gasteiger partial charge in [-0.15, -0.1) is 0 Å². The largest absolute Gasteiger partial charge is 0.486 e. The van der Waals surface area contributed by atoms with E-state index in [4.69, 9.17) is 9.47 Å². The number of halogens is 3. The fourth-order valence-corrected chi connectivity index (χ4v) is 5.62. The maximum atomic E-state index is 13.9. The van der Waals surface area contributed by atoms with E-state index >= 15 is 0 Å². The third-order valence-corrected chi connectivity index (χ3v) is 7.72. The molecule has 2 heterocycles. The van der Waals surface area contributed by atoms with Crippen molar-refractivity contribution < 1.29 is 42.4 Å². The number of rotatable bonds is 8. The standard InChI is InChI=1S/C29H32F3N3O6/c30-29(31,32)19-7-5-18(6-8-19)28(39)35(11-10-34-12-15-40-16-13-34)22-17-21(27(38)33-9-14-36)24-20-3-1-2-4-23(20)41-26(24)25(22)37/h1-8,17,22,24-26,36-37H,9-16H2,(H,33,38)/t22-,24+,25+,26+/m1/s1. The second kappa shape index (κ2) is 12.2. The van der Waals surface area contributed by atoms with Crippen LogP contribution in [0.4, 0.5) is 13.2 Å². The lowest BCUT2D eigenvalue weighted by atomic mass is 9.77. The second-order valence-corrected chi connectivity index (χ2v) is 10.2. The lowest BCUT2D eigenvalue weighted by Crippen LogP contribution is -2.57. The Bertz CT molecular complexity index is 1280. The number of nitrogens with one attached hydrogen (secondary N) is 1. The summed E-state index contributed by atoms with van der Waals surface area (Å²) in [6, 6.07) is 10.0. The first-order valence-electron chi connectivity index (χ1n) is 13.5. The van der Waals surface area contributed by atoms with Crippen molar-refractivity contribution in [1.82, 2.24) is 15.1 Å². The monoisotopic (exact) mass is 575 g/mol. The summed E-state index contributed by atoms with van der Waals surface area (Å²) in [5, 5.41) is 23.5. The van der Waals surface area contributed by atoms with Gasteiger partial charge in [0.1, 0.15) is 18.0 Å². The molecule has 220 valence electrons. The predicted octanol–water partition coefficient (Wildman–Crippen LogP) is 1.80. The molecule has 2 aromatic rings. The van der Waals surface area contributed by atoms with E-state index in [0.29, 0.717) is 44.2 Å². The van der Waals surface area contributed by atoms with Gasteiger partial charge in [-0.3, -0.25) is 14.5 Å². The number of aliphatic hydroxyl groups excluding tert-OH is 2. The Morgan fingerprint density at radius 2 is 1.78 bits per heavy atom. The van der Waals surface area contributed by atoms with Gasteiger partial charge in [0.25, 0.3) is 5.91 Å². The molecular weight excluding hydrogens is 543 g/mol. The zero-order valence-electron chi connectivity index (χ0n) is 22.2. The van der Waals surface area contributed by atoms with E-state index in [0.717, 1.165) is 24.3 Å². The molecule has 0 aromatic heterocycles. The van der Waals surface area contributed by atoms with E-state index in [-0.39, 0.29) is 30.8 Å². The van der Waals surface area contributed by atoms with Crippen LogP contribution in [0.5, 0.6) is 5.75 Å². The molecule has 3 N–H and O–H groups in total. The Morgan fingerprint density at radius 1 is 1.07 bits per heavy atom. The van der Waals surface area contributed by atoms with Gasteiger partial charge in [0.15, 0.2) is 0 Å². The van der Waals surface area contributed by atoms with Gasteiger partial charge in [0.05, 0.1) is 37.3 Å². The van der Waals surface area contributed by atoms with E-state index < -0.39 is 47.7 Å². The summed E-state index contributed by atoms with van der Waals surface area (Å²) < 4.78 is 51.0. The van der Waals surface area contributed by atoms with Crippen LogP contribution in [0.1, 0.15) is 27.4 Å². The SMILES string of the molecule is O=C(NCCO)C1=C[C@@H](N(CCN2CCOCC2)C(=O)c2ccc(C(F)(F)F)cc2)[C@H](O)[C@H]2Oc3ccccc3[C@@H]12. The van der Waals surface area contributed by atoms with Crippen molar-refractivity contribution in [2.24, 2.45) is 0 Å². The summed E-state index contributed by atoms with van der Waals surface area (Å²) in [7, 11) is 0. The van der Waals surface area contributed by atoms with Gasteiger partial charge < -0.3 is 29.9 Å². The number of hydrogen-bond donors (Lipinski definition) is 3. The summed E-state index contributed by atoms with van der Waals surface area (Å²) in [6.07, 6.45) is -5.14. The van der Waals surface area contributed by atoms with Crippen molar-refractivity contribution in [1.29, 1.82) is 0 Å². The summed E-state index contributed by atoms with van der Waals surface area (Å²) in [5.74, 6) is -1.16. The van der Waals surface area contributed by atoms with Crippen LogP contribution in [0.3, 0.4) is 0 Å². The second-order valence-electron chi connectivity index (χ2n) is 10.2. The smallest absolute Gasteiger partial charge is 0.416 e. The first-order valence-corrected chi connectivity index (χ1v) is 13.5. The molecule has 3 aliphatic rings. The van der Waals surface area contributed by atoms with E-state index in [1.54, 1.807) is 24.3 Å². The molecule has 0 radical (unpaired) electrons. The molecule has 1 fully saturated rings. The number of morpholine rings is 1. The molecule has 41 heavy (non-hydrogen) atoms. The minimum Gasteiger partial charge on any atom is -0.486 e. The number of carbonyl (C=O) groups excluding carboxylic acids is 2.